The zero-order valence-corrected chi connectivity index (χ0v) is 12.3. The highest BCUT2D eigenvalue weighted by molar-refractivity contribution is 5.88. The molecule has 3 N–H and O–H groups in total. The number of hydrogen-bond acceptors (Lipinski definition) is 3. The topological polar surface area (TPSA) is 68.3 Å². The third-order valence-electron chi connectivity index (χ3n) is 3.67. The standard InChI is InChI=1S/C16H22N2O2/c1-10(7-17)8-18-16(19)6-13-9-20-15-5-12(3)11(2)4-14(13)15/h4-5,9-10H,6-8,17H2,1-3H3,(H,18,19). The maximum absolute atomic E-state index is 11.9. The largest absolute Gasteiger partial charge is 0.464 e. The molecular formula is C16H22N2O2. The Morgan fingerprint density at radius 3 is 2.75 bits per heavy atom. The molecule has 1 heterocycles. The molecule has 0 aliphatic rings. The highest BCUT2D eigenvalue weighted by Crippen LogP contribution is 2.25. The van der Waals surface area contributed by atoms with Crippen LogP contribution in [0.4, 0.5) is 0 Å². The summed E-state index contributed by atoms with van der Waals surface area (Å²) in [6.45, 7) is 7.32. The number of carbonyl (C=O) groups is 1. The van der Waals surface area contributed by atoms with E-state index in [2.05, 4.69) is 25.2 Å². The van der Waals surface area contributed by atoms with Gasteiger partial charge < -0.3 is 15.5 Å². The van der Waals surface area contributed by atoms with Crippen LogP contribution in [-0.2, 0) is 11.2 Å². The number of aryl methyl sites for hydroxylation is 2. The molecule has 2 aromatic rings. The predicted octanol–water partition coefficient (Wildman–Crippen LogP) is 2.30. The van der Waals surface area contributed by atoms with Gasteiger partial charge in [-0.1, -0.05) is 6.92 Å². The minimum Gasteiger partial charge on any atom is -0.464 e. The van der Waals surface area contributed by atoms with E-state index < -0.39 is 0 Å². The first-order valence-electron chi connectivity index (χ1n) is 6.95. The van der Waals surface area contributed by atoms with Crippen LogP contribution in [0.2, 0.25) is 0 Å². The van der Waals surface area contributed by atoms with E-state index in [0.717, 1.165) is 16.5 Å². The first-order valence-corrected chi connectivity index (χ1v) is 6.95. The zero-order valence-electron chi connectivity index (χ0n) is 12.3. The van der Waals surface area contributed by atoms with Gasteiger partial charge in [0.2, 0.25) is 5.91 Å². The van der Waals surface area contributed by atoms with E-state index in [1.165, 1.54) is 11.1 Å². The van der Waals surface area contributed by atoms with Crippen molar-refractivity contribution in [2.45, 2.75) is 27.2 Å². The third kappa shape index (κ3) is 3.20. The second-order valence-corrected chi connectivity index (χ2v) is 5.52. The second kappa shape index (κ2) is 6.09. The number of rotatable bonds is 5. The van der Waals surface area contributed by atoms with Crippen LogP contribution in [-0.4, -0.2) is 19.0 Å². The number of hydrogen-bond donors (Lipinski definition) is 2. The molecule has 0 aliphatic heterocycles. The number of nitrogens with one attached hydrogen (secondary N) is 1. The fourth-order valence-corrected chi connectivity index (χ4v) is 2.08. The number of furan rings is 1. The van der Waals surface area contributed by atoms with Gasteiger partial charge in [0, 0.05) is 17.5 Å². The average Bonchev–Trinajstić information content (AvgIpc) is 2.79. The summed E-state index contributed by atoms with van der Waals surface area (Å²) in [5, 5.41) is 3.92. The molecule has 0 saturated heterocycles. The molecular weight excluding hydrogens is 252 g/mol. The lowest BCUT2D eigenvalue weighted by Gasteiger charge is -2.09. The van der Waals surface area contributed by atoms with Crippen molar-refractivity contribution < 1.29 is 9.21 Å². The normalized spacial score (nSPS) is 12.6. The lowest BCUT2D eigenvalue weighted by Crippen LogP contribution is -2.32. The Kier molecular flexibility index (Phi) is 4.45. The summed E-state index contributed by atoms with van der Waals surface area (Å²) < 4.78 is 5.53. The molecule has 0 fully saturated rings. The number of nitrogens with two attached hydrogens (primary N) is 1. The summed E-state index contributed by atoms with van der Waals surface area (Å²) >= 11 is 0. The van der Waals surface area contributed by atoms with Crippen molar-refractivity contribution in [2.24, 2.45) is 11.7 Å². The van der Waals surface area contributed by atoms with Crippen molar-refractivity contribution in [1.82, 2.24) is 5.32 Å². The van der Waals surface area contributed by atoms with Gasteiger partial charge in [-0.3, -0.25) is 4.79 Å². The summed E-state index contributed by atoms with van der Waals surface area (Å²) in [4.78, 5) is 11.9. The predicted molar refractivity (Wildman–Crippen MR) is 80.6 cm³/mol. The minimum atomic E-state index is 0.00577. The van der Waals surface area contributed by atoms with Crippen LogP contribution in [0.15, 0.2) is 22.8 Å². The molecule has 0 spiro atoms. The van der Waals surface area contributed by atoms with Crippen LogP contribution in [0.5, 0.6) is 0 Å². The molecule has 1 atom stereocenters. The van der Waals surface area contributed by atoms with E-state index in [9.17, 15) is 4.79 Å². The van der Waals surface area contributed by atoms with Crippen LogP contribution in [0.1, 0.15) is 23.6 Å². The SMILES string of the molecule is Cc1cc2occ(CC(=O)NCC(C)CN)c2cc1C. The van der Waals surface area contributed by atoms with Crippen molar-refractivity contribution in [3.8, 4) is 0 Å². The average molecular weight is 274 g/mol. The van der Waals surface area contributed by atoms with Gasteiger partial charge >= 0.3 is 0 Å². The minimum absolute atomic E-state index is 0.00577. The summed E-state index contributed by atoms with van der Waals surface area (Å²) in [5.74, 6) is 0.302. The Balaban J connectivity index is 2.10. The number of fused-ring (bicyclic) bond motifs is 1. The number of benzene rings is 1. The Morgan fingerprint density at radius 1 is 1.35 bits per heavy atom. The lowest BCUT2D eigenvalue weighted by molar-refractivity contribution is -0.120. The molecule has 4 heteroatoms. The summed E-state index contributed by atoms with van der Waals surface area (Å²) in [6.07, 6.45) is 2.02. The molecule has 0 bridgehead atoms. The highest BCUT2D eigenvalue weighted by atomic mass is 16.3. The quantitative estimate of drug-likeness (QED) is 0.879. The number of carbonyl (C=O) groups excluding carboxylic acids is 1. The van der Waals surface area contributed by atoms with E-state index in [1.807, 2.05) is 13.0 Å². The van der Waals surface area contributed by atoms with Gasteiger partial charge in [-0.25, -0.2) is 0 Å². The molecule has 0 radical (unpaired) electrons. The Labute approximate surface area is 119 Å². The Morgan fingerprint density at radius 2 is 2.05 bits per heavy atom. The molecule has 0 aliphatic carbocycles. The lowest BCUT2D eigenvalue weighted by atomic mass is 10.0. The second-order valence-electron chi connectivity index (χ2n) is 5.52. The van der Waals surface area contributed by atoms with Crippen molar-refractivity contribution in [1.29, 1.82) is 0 Å². The third-order valence-corrected chi connectivity index (χ3v) is 3.67. The van der Waals surface area contributed by atoms with E-state index in [-0.39, 0.29) is 5.91 Å². The first-order chi connectivity index (χ1) is 9.51. The molecule has 1 aromatic carbocycles. The zero-order chi connectivity index (χ0) is 14.7. The van der Waals surface area contributed by atoms with Gasteiger partial charge in [-0.2, -0.15) is 0 Å². The Bertz CT molecular complexity index is 616. The molecule has 108 valence electrons. The summed E-state index contributed by atoms with van der Waals surface area (Å²) in [6, 6.07) is 4.10. The molecule has 1 amide bonds. The molecule has 20 heavy (non-hydrogen) atoms. The first kappa shape index (κ1) is 14.6. The van der Waals surface area contributed by atoms with Crippen molar-refractivity contribution in [2.75, 3.05) is 13.1 Å². The van der Waals surface area contributed by atoms with E-state index >= 15 is 0 Å². The van der Waals surface area contributed by atoms with Crippen molar-refractivity contribution in [3.63, 3.8) is 0 Å². The molecule has 2 rings (SSSR count). The van der Waals surface area contributed by atoms with Crippen LogP contribution >= 0.6 is 0 Å². The van der Waals surface area contributed by atoms with Gasteiger partial charge in [-0.15, -0.1) is 0 Å². The van der Waals surface area contributed by atoms with Crippen LogP contribution in [0.3, 0.4) is 0 Å². The maximum atomic E-state index is 11.9. The molecule has 0 saturated carbocycles. The molecule has 1 aromatic heterocycles. The number of amides is 1. The van der Waals surface area contributed by atoms with Gasteiger partial charge in [0.1, 0.15) is 5.58 Å². The molecule has 1 unspecified atom stereocenters. The summed E-state index contributed by atoms with van der Waals surface area (Å²) in [5.41, 5.74) is 9.70. The smallest absolute Gasteiger partial charge is 0.224 e. The Hall–Kier alpha value is -1.81. The summed E-state index contributed by atoms with van der Waals surface area (Å²) in [7, 11) is 0. The highest BCUT2D eigenvalue weighted by Gasteiger charge is 2.12. The monoisotopic (exact) mass is 274 g/mol. The fraction of sp³-hybridized carbons (Fsp3) is 0.438. The van der Waals surface area contributed by atoms with Crippen molar-refractivity contribution >= 4 is 16.9 Å². The van der Waals surface area contributed by atoms with Crippen LogP contribution in [0.25, 0.3) is 11.0 Å². The molecule has 4 nitrogen and oxygen atoms in total. The van der Waals surface area contributed by atoms with E-state index in [0.29, 0.717) is 25.4 Å². The van der Waals surface area contributed by atoms with Crippen LogP contribution < -0.4 is 11.1 Å². The van der Waals surface area contributed by atoms with Gasteiger partial charge in [-0.05, 0) is 49.6 Å². The van der Waals surface area contributed by atoms with E-state index in [4.69, 9.17) is 10.2 Å². The van der Waals surface area contributed by atoms with Gasteiger partial charge in [0.05, 0.1) is 12.7 Å². The van der Waals surface area contributed by atoms with Crippen LogP contribution in [0, 0.1) is 19.8 Å². The van der Waals surface area contributed by atoms with Crippen molar-refractivity contribution in [3.05, 3.63) is 35.1 Å². The fourth-order valence-electron chi connectivity index (χ4n) is 2.08. The van der Waals surface area contributed by atoms with Gasteiger partial charge in [0.25, 0.3) is 0 Å². The van der Waals surface area contributed by atoms with Gasteiger partial charge in [0.15, 0.2) is 0 Å². The maximum Gasteiger partial charge on any atom is 0.224 e. The van der Waals surface area contributed by atoms with E-state index in [1.54, 1.807) is 6.26 Å².